The molecule has 2 aliphatic carbocycles. The van der Waals surface area contributed by atoms with Gasteiger partial charge in [-0.05, 0) is 55.0 Å². The minimum Gasteiger partial charge on any atom is -0.489 e. The van der Waals surface area contributed by atoms with E-state index in [0.29, 0.717) is 12.3 Å². The van der Waals surface area contributed by atoms with Crippen molar-refractivity contribution in [1.29, 1.82) is 0 Å². The maximum absolute atomic E-state index is 13.2. The minimum atomic E-state index is -4.40. The number of ether oxygens (including phenoxy) is 1. The van der Waals surface area contributed by atoms with Gasteiger partial charge in [0.05, 0.1) is 11.0 Å². The van der Waals surface area contributed by atoms with Crippen LogP contribution in [0.4, 0.5) is 13.2 Å². The van der Waals surface area contributed by atoms with Crippen molar-refractivity contribution >= 4 is 5.97 Å². The SMILES string of the molecule is O=C(O)C1(CN2CC3(Cc4ccc(OCc5ccccc5C(F)(F)F)cc4C3)C2)CC1. The Hall–Kier alpha value is -2.54. The Bertz CT molecular complexity index is 1020. The van der Waals surface area contributed by atoms with Gasteiger partial charge in [0.25, 0.3) is 0 Å². The number of fused-ring (bicyclic) bond motifs is 1. The molecule has 1 N–H and O–H groups in total. The number of carbonyl (C=O) groups is 1. The van der Waals surface area contributed by atoms with Crippen LogP contribution in [0.2, 0.25) is 0 Å². The summed E-state index contributed by atoms with van der Waals surface area (Å²) in [6.07, 6.45) is -1.01. The highest BCUT2D eigenvalue weighted by Gasteiger charge is 2.55. The molecule has 0 radical (unpaired) electrons. The van der Waals surface area contributed by atoms with E-state index in [9.17, 15) is 23.1 Å². The zero-order valence-corrected chi connectivity index (χ0v) is 17.0. The monoisotopic (exact) mass is 431 g/mol. The lowest BCUT2D eigenvalue weighted by molar-refractivity contribution is -0.145. The van der Waals surface area contributed by atoms with Gasteiger partial charge < -0.3 is 14.7 Å². The Morgan fingerprint density at radius 1 is 1.06 bits per heavy atom. The number of hydrogen-bond acceptors (Lipinski definition) is 3. The molecule has 0 bridgehead atoms. The molecule has 2 fully saturated rings. The van der Waals surface area contributed by atoms with Gasteiger partial charge in [-0.15, -0.1) is 0 Å². The number of nitrogens with zero attached hydrogens (tertiary/aromatic N) is 1. The lowest BCUT2D eigenvalue weighted by Gasteiger charge is -2.49. The molecule has 0 amide bonds. The molecule has 1 aliphatic heterocycles. The van der Waals surface area contributed by atoms with Crippen LogP contribution in [0.5, 0.6) is 5.75 Å². The smallest absolute Gasteiger partial charge is 0.416 e. The van der Waals surface area contributed by atoms with Crippen LogP contribution in [0.1, 0.15) is 35.1 Å². The summed E-state index contributed by atoms with van der Waals surface area (Å²) in [7, 11) is 0. The third kappa shape index (κ3) is 3.80. The number of carboxylic acid groups (broad SMARTS) is 1. The molecule has 1 heterocycles. The van der Waals surface area contributed by atoms with Crippen LogP contribution in [0, 0.1) is 10.8 Å². The summed E-state index contributed by atoms with van der Waals surface area (Å²) in [5, 5.41) is 9.39. The number of aliphatic carboxylic acids is 1. The Kier molecular flexibility index (Phi) is 4.59. The Labute approximate surface area is 178 Å². The molecule has 0 unspecified atom stereocenters. The summed E-state index contributed by atoms with van der Waals surface area (Å²) in [6, 6.07) is 11.3. The molecular weight excluding hydrogens is 407 g/mol. The van der Waals surface area contributed by atoms with Crippen molar-refractivity contribution < 1.29 is 27.8 Å². The van der Waals surface area contributed by atoms with Crippen LogP contribution in [0.15, 0.2) is 42.5 Å². The van der Waals surface area contributed by atoms with Crippen molar-refractivity contribution in [2.24, 2.45) is 10.8 Å². The van der Waals surface area contributed by atoms with E-state index in [0.717, 1.165) is 44.8 Å². The van der Waals surface area contributed by atoms with E-state index < -0.39 is 23.1 Å². The molecule has 0 atom stereocenters. The average Bonchev–Trinajstić information content (AvgIpc) is 3.38. The molecule has 5 rings (SSSR count). The molecule has 2 aromatic carbocycles. The van der Waals surface area contributed by atoms with Crippen LogP contribution < -0.4 is 4.74 Å². The first kappa shape index (κ1) is 20.4. The first-order valence-corrected chi connectivity index (χ1v) is 10.5. The third-order valence-corrected chi connectivity index (χ3v) is 6.98. The van der Waals surface area contributed by atoms with E-state index in [4.69, 9.17) is 4.74 Å². The van der Waals surface area contributed by atoms with E-state index in [1.165, 1.54) is 23.3 Å². The molecule has 1 saturated heterocycles. The highest BCUT2D eigenvalue weighted by atomic mass is 19.4. The van der Waals surface area contributed by atoms with Crippen LogP contribution in [0.25, 0.3) is 0 Å². The number of hydrogen-bond donors (Lipinski definition) is 1. The first-order valence-electron chi connectivity index (χ1n) is 10.5. The standard InChI is InChI=1S/C24H24F3NO3/c25-24(26,27)20-4-2-1-3-17(20)12-31-19-6-5-16-10-22(11-18(16)9-19)13-28(14-22)15-23(7-8-23)21(29)30/h1-6,9H,7-8,10-15H2,(H,29,30). The second-order valence-electron chi connectivity index (χ2n) is 9.46. The number of halogens is 3. The third-order valence-electron chi connectivity index (χ3n) is 6.98. The number of benzene rings is 2. The van der Waals surface area contributed by atoms with Crippen LogP contribution in [0.3, 0.4) is 0 Å². The summed E-state index contributed by atoms with van der Waals surface area (Å²) < 4.78 is 45.2. The molecule has 7 heteroatoms. The van der Waals surface area contributed by atoms with Gasteiger partial charge in [-0.1, -0.05) is 24.3 Å². The molecule has 1 saturated carbocycles. The highest BCUT2D eigenvalue weighted by molar-refractivity contribution is 5.78. The Balaban J connectivity index is 1.21. The second kappa shape index (κ2) is 6.99. The van der Waals surface area contributed by atoms with Crippen LogP contribution in [-0.2, 0) is 30.4 Å². The van der Waals surface area contributed by atoms with Gasteiger partial charge in [0, 0.05) is 30.6 Å². The molecular formula is C24H24F3NO3. The zero-order valence-electron chi connectivity index (χ0n) is 17.0. The summed E-state index contributed by atoms with van der Waals surface area (Å²) in [5.41, 5.74) is 1.51. The predicted octanol–water partition coefficient (Wildman–Crippen LogP) is 4.55. The summed E-state index contributed by atoms with van der Waals surface area (Å²) >= 11 is 0. The molecule has 4 nitrogen and oxygen atoms in total. The second-order valence-corrected chi connectivity index (χ2v) is 9.46. The molecule has 0 aromatic heterocycles. The molecule has 31 heavy (non-hydrogen) atoms. The van der Waals surface area contributed by atoms with Gasteiger partial charge in [-0.3, -0.25) is 4.79 Å². The van der Waals surface area contributed by atoms with E-state index in [2.05, 4.69) is 4.90 Å². The van der Waals surface area contributed by atoms with E-state index >= 15 is 0 Å². The highest BCUT2D eigenvalue weighted by Crippen LogP contribution is 2.51. The van der Waals surface area contributed by atoms with Gasteiger partial charge in [0.15, 0.2) is 0 Å². The topological polar surface area (TPSA) is 49.8 Å². The fraction of sp³-hybridized carbons (Fsp3) is 0.458. The minimum absolute atomic E-state index is 0.119. The van der Waals surface area contributed by atoms with Crippen molar-refractivity contribution in [3.8, 4) is 5.75 Å². The van der Waals surface area contributed by atoms with Crippen LogP contribution >= 0.6 is 0 Å². The van der Waals surface area contributed by atoms with Crippen molar-refractivity contribution in [3.05, 3.63) is 64.7 Å². The normalized spacial score (nSPS) is 20.9. The molecule has 164 valence electrons. The average molecular weight is 431 g/mol. The zero-order chi connectivity index (χ0) is 21.9. The largest absolute Gasteiger partial charge is 0.489 e. The maximum Gasteiger partial charge on any atom is 0.416 e. The van der Waals surface area contributed by atoms with E-state index in [-0.39, 0.29) is 17.6 Å². The quantitative estimate of drug-likeness (QED) is 0.729. The van der Waals surface area contributed by atoms with Crippen molar-refractivity contribution in [2.45, 2.75) is 38.5 Å². The van der Waals surface area contributed by atoms with Gasteiger partial charge in [0.2, 0.25) is 0 Å². The van der Waals surface area contributed by atoms with Gasteiger partial charge >= 0.3 is 12.1 Å². The number of carboxylic acids is 1. The fourth-order valence-corrected chi connectivity index (χ4v) is 5.24. The van der Waals surface area contributed by atoms with Crippen molar-refractivity contribution in [2.75, 3.05) is 19.6 Å². The van der Waals surface area contributed by atoms with Gasteiger partial charge in [-0.25, -0.2) is 0 Å². The van der Waals surface area contributed by atoms with Crippen molar-refractivity contribution in [1.82, 2.24) is 4.90 Å². The number of likely N-dealkylation sites (tertiary alicyclic amines) is 1. The first-order chi connectivity index (χ1) is 14.7. The summed E-state index contributed by atoms with van der Waals surface area (Å²) in [5.74, 6) is -0.108. The summed E-state index contributed by atoms with van der Waals surface area (Å²) in [6.45, 7) is 2.29. The molecule has 1 spiro atoms. The van der Waals surface area contributed by atoms with Gasteiger partial charge in [-0.2, -0.15) is 13.2 Å². The predicted molar refractivity (Wildman–Crippen MR) is 108 cm³/mol. The van der Waals surface area contributed by atoms with E-state index in [1.54, 1.807) is 6.07 Å². The van der Waals surface area contributed by atoms with Gasteiger partial charge in [0.1, 0.15) is 12.4 Å². The van der Waals surface area contributed by atoms with E-state index in [1.807, 2.05) is 18.2 Å². The maximum atomic E-state index is 13.2. The Morgan fingerprint density at radius 3 is 2.45 bits per heavy atom. The lowest BCUT2D eigenvalue weighted by Crippen LogP contribution is -2.58. The fourth-order valence-electron chi connectivity index (χ4n) is 5.24. The molecule has 2 aromatic rings. The Morgan fingerprint density at radius 2 is 1.77 bits per heavy atom. The summed E-state index contributed by atoms with van der Waals surface area (Å²) in [4.78, 5) is 13.7. The lowest BCUT2D eigenvalue weighted by atomic mass is 9.76. The van der Waals surface area contributed by atoms with Crippen molar-refractivity contribution in [3.63, 3.8) is 0 Å². The molecule has 3 aliphatic rings. The number of alkyl halides is 3. The number of rotatable bonds is 6. The van der Waals surface area contributed by atoms with Crippen LogP contribution in [-0.4, -0.2) is 35.6 Å².